The van der Waals surface area contributed by atoms with Crippen LogP contribution < -0.4 is 0 Å². The van der Waals surface area contributed by atoms with Gasteiger partial charge in [-0.3, -0.25) is 4.79 Å². The van der Waals surface area contributed by atoms with Gasteiger partial charge in [-0.25, -0.2) is 8.78 Å². The maximum atomic E-state index is 13.3. The van der Waals surface area contributed by atoms with Gasteiger partial charge >= 0.3 is 0 Å². The largest absolute Gasteiger partial charge is 0.339 e. The van der Waals surface area contributed by atoms with E-state index in [-0.39, 0.29) is 22.7 Å². The van der Waals surface area contributed by atoms with Crippen LogP contribution in [0.4, 0.5) is 8.78 Å². The lowest BCUT2D eigenvalue weighted by molar-refractivity contribution is 0.0695. The summed E-state index contributed by atoms with van der Waals surface area (Å²) in [4.78, 5) is 18.8. The van der Waals surface area contributed by atoms with E-state index in [0.29, 0.717) is 35.9 Å². The van der Waals surface area contributed by atoms with E-state index >= 15 is 0 Å². The molecule has 28 heavy (non-hydrogen) atoms. The number of aromatic nitrogens is 2. The molecule has 1 amide bonds. The van der Waals surface area contributed by atoms with Crippen molar-refractivity contribution in [3.05, 3.63) is 70.6 Å². The second-order valence-electron chi connectivity index (χ2n) is 6.68. The number of hydrogen-bond acceptors (Lipinski definition) is 4. The summed E-state index contributed by atoms with van der Waals surface area (Å²) in [5.74, 6) is -0.401. The van der Waals surface area contributed by atoms with E-state index in [1.165, 1.54) is 30.3 Å². The summed E-state index contributed by atoms with van der Waals surface area (Å²) in [6.45, 7) is 1.00. The Balaban J connectivity index is 1.50. The average molecular weight is 404 g/mol. The van der Waals surface area contributed by atoms with Crippen molar-refractivity contribution < 1.29 is 18.1 Å². The topological polar surface area (TPSA) is 59.2 Å². The van der Waals surface area contributed by atoms with Gasteiger partial charge in [-0.1, -0.05) is 16.8 Å². The molecule has 8 heteroatoms. The summed E-state index contributed by atoms with van der Waals surface area (Å²) in [7, 11) is 0. The van der Waals surface area contributed by atoms with Gasteiger partial charge in [-0.15, -0.1) is 0 Å². The molecule has 1 aromatic heterocycles. The highest BCUT2D eigenvalue weighted by molar-refractivity contribution is 6.31. The minimum atomic E-state index is -0.561. The third-order valence-corrected chi connectivity index (χ3v) is 5.06. The van der Waals surface area contributed by atoms with Crippen LogP contribution in [0.5, 0.6) is 0 Å². The van der Waals surface area contributed by atoms with Crippen molar-refractivity contribution in [2.24, 2.45) is 0 Å². The van der Waals surface area contributed by atoms with Crippen molar-refractivity contribution in [2.45, 2.75) is 18.8 Å². The Bertz CT molecular complexity index is 1010. The molecule has 1 aliphatic heterocycles. The number of nitrogens with zero attached hydrogens (tertiary/aromatic N) is 3. The van der Waals surface area contributed by atoms with Gasteiger partial charge in [0.15, 0.2) is 0 Å². The summed E-state index contributed by atoms with van der Waals surface area (Å²) in [5.41, 5.74) is 0.991. The number of piperidine rings is 1. The van der Waals surface area contributed by atoms with E-state index in [1.807, 2.05) is 0 Å². The molecule has 0 N–H and O–H groups in total. The number of amides is 1. The summed E-state index contributed by atoms with van der Waals surface area (Å²) in [6.07, 6.45) is 1.58. The molecule has 1 saturated heterocycles. The van der Waals surface area contributed by atoms with Gasteiger partial charge in [0.05, 0.1) is 10.9 Å². The summed E-state index contributed by atoms with van der Waals surface area (Å²) in [6, 6.07) is 9.77. The molecule has 1 aliphatic rings. The fourth-order valence-corrected chi connectivity index (χ4v) is 3.47. The Kier molecular flexibility index (Phi) is 5.09. The molecule has 0 radical (unpaired) electrons. The lowest BCUT2D eigenvalue weighted by Gasteiger charge is -2.31. The number of likely N-dealkylation sites (tertiary alicyclic amines) is 1. The number of hydrogen-bond donors (Lipinski definition) is 0. The first-order valence-corrected chi connectivity index (χ1v) is 9.23. The van der Waals surface area contributed by atoms with Crippen molar-refractivity contribution in [1.82, 2.24) is 15.0 Å². The molecule has 0 aliphatic carbocycles. The highest BCUT2D eigenvalue weighted by atomic mass is 35.5. The predicted molar refractivity (Wildman–Crippen MR) is 99.0 cm³/mol. The summed E-state index contributed by atoms with van der Waals surface area (Å²) in [5, 5.41) is 3.89. The second kappa shape index (κ2) is 7.67. The molecule has 2 aromatic carbocycles. The Hall–Kier alpha value is -2.80. The van der Waals surface area contributed by atoms with E-state index in [4.69, 9.17) is 16.1 Å². The Labute approximate surface area is 164 Å². The van der Waals surface area contributed by atoms with E-state index in [9.17, 15) is 13.6 Å². The zero-order valence-corrected chi connectivity index (χ0v) is 15.5. The Morgan fingerprint density at radius 3 is 2.71 bits per heavy atom. The SMILES string of the molecule is O=C(c1ccc(F)c(Cl)c1)N1CCC[C@H](c2nc(-c3ccc(F)cc3)no2)C1. The summed E-state index contributed by atoms with van der Waals surface area (Å²) >= 11 is 5.79. The van der Waals surface area contributed by atoms with Crippen LogP contribution in [0, 0.1) is 11.6 Å². The van der Waals surface area contributed by atoms with Crippen LogP contribution in [-0.4, -0.2) is 34.0 Å². The van der Waals surface area contributed by atoms with Crippen molar-refractivity contribution in [3.63, 3.8) is 0 Å². The lowest BCUT2D eigenvalue weighted by atomic mass is 9.97. The van der Waals surface area contributed by atoms with Crippen molar-refractivity contribution in [3.8, 4) is 11.4 Å². The maximum absolute atomic E-state index is 13.3. The number of carbonyl (C=O) groups is 1. The van der Waals surface area contributed by atoms with E-state index in [2.05, 4.69) is 10.1 Å². The van der Waals surface area contributed by atoms with Crippen molar-refractivity contribution in [1.29, 1.82) is 0 Å². The van der Waals surface area contributed by atoms with Crippen LogP contribution in [0.25, 0.3) is 11.4 Å². The first-order chi connectivity index (χ1) is 13.5. The third-order valence-electron chi connectivity index (χ3n) is 4.77. The normalized spacial score (nSPS) is 17.0. The van der Waals surface area contributed by atoms with E-state index in [1.54, 1.807) is 17.0 Å². The monoisotopic (exact) mass is 403 g/mol. The first kappa shape index (κ1) is 18.6. The van der Waals surface area contributed by atoms with Crippen LogP contribution in [0.1, 0.15) is 35.0 Å². The van der Waals surface area contributed by atoms with Crippen LogP contribution in [0.2, 0.25) is 5.02 Å². The van der Waals surface area contributed by atoms with Crippen molar-refractivity contribution in [2.75, 3.05) is 13.1 Å². The number of halogens is 3. The average Bonchev–Trinajstić information content (AvgIpc) is 3.20. The Morgan fingerprint density at radius 1 is 1.18 bits per heavy atom. The van der Waals surface area contributed by atoms with Gasteiger partial charge in [0.1, 0.15) is 11.6 Å². The molecule has 4 rings (SSSR count). The van der Waals surface area contributed by atoms with Gasteiger partial charge in [0.2, 0.25) is 11.7 Å². The predicted octanol–water partition coefficient (Wildman–Crippen LogP) is 4.69. The molecule has 0 bridgehead atoms. The third kappa shape index (κ3) is 3.75. The van der Waals surface area contributed by atoms with E-state index < -0.39 is 5.82 Å². The van der Waals surface area contributed by atoms with Gasteiger partial charge in [-0.2, -0.15) is 4.98 Å². The molecule has 0 saturated carbocycles. The van der Waals surface area contributed by atoms with Crippen LogP contribution in [0.15, 0.2) is 47.0 Å². The molecule has 1 fully saturated rings. The molecule has 1 atom stereocenters. The molecule has 0 spiro atoms. The highest BCUT2D eigenvalue weighted by Crippen LogP contribution is 2.29. The van der Waals surface area contributed by atoms with Gasteiger partial charge in [0, 0.05) is 24.2 Å². The van der Waals surface area contributed by atoms with Crippen molar-refractivity contribution >= 4 is 17.5 Å². The van der Waals surface area contributed by atoms with Gasteiger partial charge in [-0.05, 0) is 55.3 Å². The molecule has 144 valence electrons. The number of carbonyl (C=O) groups excluding carboxylic acids is 1. The molecular formula is C20H16ClF2N3O2. The quantitative estimate of drug-likeness (QED) is 0.636. The minimum absolute atomic E-state index is 0.0831. The van der Waals surface area contributed by atoms with Gasteiger partial charge < -0.3 is 9.42 Å². The van der Waals surface area contributed by atoms with Crippen LogP contribution in [-0.2, 0) is 0 Å². The van der Waals surface area contributed by atoms with Gasteiger partial charge in [0.25, 0.3) is 5.91 Å². The number of benzene rings is 2. The first-order valence-electron chi connectivity index (χ1n) is 8.85. The Morgan fingerprint density at radius 2 is 1.96 bits per heavy atom. The minimum Gasteiger partial charge on any atom is -0.339 e. The smallest absolute Gasteiger partial charge is 0.253 e. The molecule has 0 unspecified atom stereocenters. The molecule has 3 aromatic rings. The van der Waals surface area contributed by atoms with Crippen LogP contribution >= 0.6 is 11.6 Å². The molecular weight excluding hydrogens is 388 g/mol. The molecule has 5 nitrogen and oxygen atoms in total. The number of rotatable bonds is 3. The second-order valence-corrected chi connectivity index (χ2v) is 7.09. The lowest BCUT2D eigenvalue weighted by Crippen LogP contribution is -2.39. The zero-order chi connectivity index (χ0) is 19.7. The fourth-order valence-electron chi connectivity index (χ4n) is 3.29. The maximum Gasteiger partial charge on any atom is 0.253 e. The molecule has 2 heterocycles. The van der Waals surface area contributed by atoms with E-state index in [0.717, 1.165) is 12.8 Å². The highest BCUT2D eigenvalue weighted by Gasteiger charge is 2.29. The van der Waals surface area contributed by atoms with Crippen LogP contribution in [0.3, 0.4) is 0 Å². The summed E-state index contributed by atoms with van der Waals surface area (Å²) < 4.78 is 31.8. The zero-order valence-electron chi connectivity index (χ0n) is 14.7. The standard InChI is InChI=1S/C20H16ClF2N3O2/c21-16-10-13(5-8-17(16)23)20(27)26-9-1-2-14(11-26)19-24-18(25-28-19)12-3-6-15(22)7-4-12/h3-8,10,14H,1-2,9,11H2/t14-/m0/s1. The fraction of sp³-hybridized carbons (Fsp3) is 0.250.